The fourth-order valence-electron chi connectivity index (χ4n) is 4.35. The van der Waals surface area contributed by atoms with Gasteiger partial charge in [0.25, 0.3) is 11.8 Å². The molecule has 0 aliphatic carbocycles. The van der Waals surface area contributed by atoms with Gasteiger partial charge in [0.05, 0.1) is 41.0 Å². The van der Waals surface area contributed by atoms with Crippen molar-refractivity contribution in [1.29, 1.82) is 0 Å². The Kier molecular flexibility index (Phi) is 11.0. The minimum absolute atomic E-state index is 0.257. The van der Waals surface area contributed by atoms with Crippen LogP contribution in [-0.2, 0) is 4.74 Å². The van der Waals surface area contributed by atoms with Gasteiger partial charge in [0.15, 0.2) is 0 Å². The molecule has 0 radical (unpaired) electrons. The first-order chi connectivity index (χ1) is 19.8. The molecule has 2 heterocycles. The number of nitrogens with zero attached hydrogens (tertiary/aromatic N) is 2. The highest BCUT2D eigenvalue weighted by Crippen LogP contribution is 2.31. The van der Waals surface area contributed by atoms with Gasteiger partial charge in [-0.1, -0.05) is 41.4 Å². The number of rotatable bonds is 9. The summed E-state index contributed by atoms with van der Waals surface area (Å²) in [5.74, 6) is 0.223. The first-order valence-electron chi connectivity index (χ1n) is 13.1. The summed E-state index contributed by atoms with van der Waals surface area (Å²) in [6.07, 6.45) is 12.0. The second kappa shape index (κ2) is 14.6. The van der Waals surface area contributed by atoms with Gasteiger partial charge in [0, 0.05) is 28.9 Å². The lowest BCUT2D eigenvalue weighted by atomic mass is 9.99. The van der Waals surface area contributed by atoms with Crippen LogP contribution in [0.2, 0.25) is 5.02 Å². The third-order valence-electron chi connectivity index (χ3n) is 6.21. The van der Waals surface area contributed by atoms with Gasteiger partial charge in [-0.05, 0) is 69.7 Å². The summed E-state index contributed by atoms with van der Waals surface area (Å²) in [6.45, 7) is 8.79. The molecule has 0 bridgehead atoms. The normalized spacial score (nSPS) is 10.9. The summed E-state index contributed by atoms with van der Waals surface area (Å²) in [7, 11) is 0. The lowest BCUT2D eigenvalue weighted by molar-refractivity contribution is 0.0946. The Bertz CT molecular complexity index is 1590. The summed E-state index contributed by atoms with van der Waals surface area (Å²) >= 11 is 6.46. The highest BCUT2D eigenvalue weighted by Gasteiger charge is 2.18. The van der Waals surface area contributed by atoms with Crippen LogP contribution in [-0.4, -0.2) is 34.9 Å². The summed E-state index contributed by atoms with van der Waals surface area (Å²) in [5.41, 5.74) is 5.28. The van der Waals surface area contributed by atoms with Crippen molar-refractivity contribution < 1.29 is 14.3 Å². The van der Waals surface area contributed by atoms with Crippen LogP contribution in [0.15, 0.2) is 72.6 Å². The monoisotopic (exact) mass is 568 g/mol. The number of aryl methyl sites for hydroxylation is 2. The predicted octanol–water partition coefficient (Wildman–Crippen LogP) is 7.13. The Morgan fingerprint density at radius 3 is 2.46 bits per heavy atom. The van der Waals surface area contributed by atoms with Crippen molar-refractivity contribution in [3.05, 3.63) is 100 Å². The molecular formula is C33H33ClN4O3. The van der Waals surface area contributed by atoms with Crippen molar-refractivity contribution in [2.24, 2.45) is 0 Å². The van der Waals surface area contributed by atoms with E-state index >= 15 is 0 Å². The molecule has 2 N–H and O–H groups in total. The zero-order chi connectivity index (χ0) is 29.9. The number of nitrogens with one attached hydrogen (secondary N) is 2. The smallest absolute Gasteiger partial charge is 0.269 e. The number of ether oxygens (including phenoxy) is 1. The van der Waals surface area contributed by atoms with Crippen LogP contribution in [0.1, 0.15) is 52.2 Å². The maximum absolute atomic E-state index is 13.5. The molecule has 4 aromatic rings. The van der Waals surface area contributed by atoms with Crippen molar-refractivity contribution in [2.45, 2.75) is 34.1 Å². The molecule has 0 saturated carbocycles. The molecule has 0 spiro atoms. The number of amides is 2. The van der Waals surface area contributed by atoms with E-state index in [-0.39, 0.29) is 17.5 Å². The Balaban J connectivity index is 0.00000226. The Labute approximate surface area is 246 Å². The van der Waals surface area contributed by atoms with Gasteiger partial charge in [-0.2, -0.15) is 0 Å². The first-order valence-corrected chi connectivity index (χ1v) is 13.5. The van der Waals surface area contributed by atoms with E-state index < -0.39 is 0 Å². The van der Waals surface area contributed by atoms with Gasteiger partial charge < -0.3 is 15.4 Å². The summed E-state index contributed by atoms with van der Waals surface area (Å²) < 4.78 is 5.49. The standard InChI is InChI=1S/C31H31ClN4O3.C2H2/c1-5-22(39-6-2)13-14-33-31(38)27-12-11-21(18-34-27)35-30(37)25-17-28(23-9-7-8-10-26(23)32)36-29-20(4)15-19(3)16-24(25)29;1-2/h5,7-12,15-18H,6,13-14H2,1-4H3,(H,33,38)(H,35,37);1-2H/b22-5-;. The van der Waals surface area contributed by atoms with Crippen molar-refractivity contribution in [1.82, 2.24) is 15.3 Å². The number of carbonyl (C=O) groups excluding carboxylic acids is 2. The number of benzene rings is 2. The number of fused-ring (bicyclic) bond motifs is 1. The van der Waals surface area contributed by atoms with Gasteiger partial charge in [0.2, 0.25) is 0 Å². The average molecular weight is 569 g/mol. The van der Waals surface area contributed by atoms with E-state index in [1.165, 1.54) is 6.20 Å². The topological polar surface area (TPSA) is 93.2 Å². The second-order valence-corrected chi connectivity index (χ2v) is 9.50. The van der Waals surface area contributed by atoms with Crippen LogP contribution in [0, 0.1) is 26.7 Å². The third kappa shape index (κ3) is 7.71. The molecule has 2 aromatic carbocycles. The molecule has 0 aliphatic heterocycles. The Morgan fingerprint density at radius 1 is 1.05 bits per heavy atom. The van der Waals surface area contributed by atoms with Crippen LogP contribution < -0.4 is 10.6 Å². The van der Waals surface area contributed by atoms with Crippen LogP contribution in [0.4, 0.5) is 5.69 Å². The quantitative estimate of drug-likeness (QED) is 0.165. The molecular weight excluding hydrogens is 536 g/mol. The Hall–Kier alpha value is -4.67. The van der Waals surface area contributed by atoms with E-state index in [1.807, 2.05) is 64.1 Å². The molecule has 8 heteroatoms. The molecule has 7 nitrogen and oxygen atoms in total. The fraction of sp³-hybridized carbons (Fsp3) is 0.212. The number of terminal acetylenes is 1. The molecule has 0 saturated heterocycles. The number of pyridine rings is 2. The van der Waals surface area contributed by atoms with Crippen molar-refractivity contribution in [3.8, 4) is 24.1 Å². The number of anilines is 1. The molecule has 0 fully saturated rings. The molecule has 4 rings (SSSR count). The SMILES string of the molecule is C#C.C/C=C(/CCNC(=O)c1ccc(NC(=O)c2cc(-c3ccccc3Cl)nc3c(C)cc(C)cc23)cn1)OCC. The van der Waals surface area contributed by atoms with Gasteiger partial charge >= 0.3 is 0 Å². The molecule has 210 valence electrons. The van der Waals surface area contributed by atoms with Gasteiger partial charge in [-0.15, -0.1) is 12.8 Å². The van der Waals surface area contributed by atoms with E-state index in [0.29, 0.717) is 41.5 Å². The molecule has 2 aromatic heterocycles. The maximum atomic E-state index is 13.5. The first kappa shape index (κ1) is 30.9. The molecule has 2 amide bonds. The summed E-state index contributed by atoms with van der Waals surface area (Å²) in [6, 6.07) is 16.4. The zero-order valence-corrected chi connectivity index (χ0v) is 24.4. The number of aromatic nitrogens is 2. The fourth-order valence-corrected chi connectivity index (χ4v) is 4.58. The van der Waals surface area contributed by atoms with Crippen molar-refractivity contribution >= 4 is 40.0 Å². The number of allylic oxidation sites excluding steroid dienone is 1. The highest BCUT2D eigenvalue weighted by molar-refractivity contribution is 6.33. The van der Waals surface area contributed by atoms with Gasteiger partial charge in [0.1, 0.15) is 5.69 Å². The summed E-state index contributed by atoms with van der Waals surface area (Å²) in [5, 5.41) is 7.05. The van der Waals surface area contributed by atoms with Crippen molar-refractivity contribution in [3.63, 3.8) is 0 Å². The van der Waals surface area contributed by atoms with E-state index in [2.05, 4.69) is 28.5 Å². The van der Waals surface area contributed by atoms with Crippen LogP contribution in [0.3, 0.4) is 0 Å². The highest BCUT2D eigenvalue weighted by atomic mass is 35.5. The van der Waals surface area contributed by atoms with E-state index in [1.54, 1.807) is 24.3 Å². The Morgan fingerprint density at radius 2 is 1.80 bits per heavy atom. The zero-order valence-electron chi connectivity index (χ0n) is 23.6. The van der Waals surface area contributed by atoms with E-state index in [4.69, 9.17) is 21.3 Å². The molecule has 41 heavy (non-hydrogen) atoms. The van der Waals surface area contributed by atoms with Crippen molar-refractivity contribution in [2.75, 3.05) is 18.5 Å². The lowest BCUT2D eigenvalue weighted by Crippen LogP contribution is -2.26. The van der Waals surface area contributed by atoms with E-state index in [0.717, 1.165) is 33.4 Å². The molecule has 0 atom stereocenters. The largest absolute Gasteiger partial charge is 0.499 e. The molecule has 0 unspecified atom stereocenters. The third-order valence-corrected chi connectivity index (χ3v) is 6.53. The maximum Gasteiger partial charge on any atom is 0.269 e. The van der Waals surface area contributed by atoms with Gasteiger partial charge in [-0.3, -0.25) is 9.59 Å². The second-order valence-electron chi connectivity index (χ2n) is 9.09. The lowest BCUT2D eigenvalue weighted by Gasteiger charge is -2.14. The number of hydrogen-bond donors (Lipinski definition) is 2. The van der Waals surface area contributed by atoms with Crippen LogP contribution in [0.5, 0.6) is 0 Å². The molecule has 0 aliphatic rings. The minimum atomic E-state index is -0.311. The van der Waals surface area contributed by atoms with Gasteiger partial charge in [-0.25, -0.2) is 9.97 Å². The van der Waals surface area contributed by atoms with Crippen LogP contribution in [0.25, 0.3) is 22.2 Å². The number of hydrogen-bond acceptors (Lipinski definition) is 5. The average Bonchev–Trinajstić information content (AvgIpc) is 2.98. The minimum Gasteiger partial charge on any atom is -0.499 e. The number of halogens is 1. The number of carbonyl (C=O) groups is 2. The van der Waals surface area contributed by atoms with Crippen LogP contribution >= 0.6 is 11.6 Å². The summed E-state index contributed by atoms with van der Waals surface area (Å²) in [4.78, 5) is 35.1. The van der Waals surface area contributed by atoms with E-state index in [9.17, 15) is 9.59 Å². The predicted molar refractivity (Wildman–Crippen MR) is 166 cm³/mol.